The Morgan fingerprint density at radius 3 is 3.00 bits per heavy atom. The Bertz CT molecular complexity index is 326. The number of morpholine rings is 1. The average molecular weight is 216 g/mol. The van der Waals surface area contributed by atoms with Crippen LogP contribution in [0, 0.1) is 5.82 Å². The quantitative estimate of drug-likeness (QED) is 0.775. The van der Waals surface area contributed by atoms with Gasteiger partial charge in [0.2, 0.25) is 0 Å². The lowest BCUT2D eigenvalue weighted by atomic mass is 10.1. The molecule has 1 heterocycles. The Hall–Kier alpha value is -0.640. The molecule has 2 nitrogen and oxygen atoms in total. The van der Waals surface area contributed by atoms with Gasteiger partial charge in [0.1, 0.15) is 5.82 Å². The van der Waals surface area contributed by atoms with Gasteiger partial charge in [-0.3, -0.25) is 0 Å². The number of ether oxygens (including phenoxy) is 1. The lowest BCUT2D eigenvalue weighted by Gasteiger charge is -2.24. The summed E-state index contributed by atoms with van der Waals surface area (Å²) in [6, 6.07) is 4.70. The molecule has 1 aromatic rings. The first-order valence-corrected chi connectivity index (χ1v) is 4.92. The van der Waals surface area contributed by atoms with Crippen LogP contribution in [0.3, 0.4) is 0 Å². The fourth-order valence-electron chi connectivity index (χ4n) is 1.49. The van der Waals surface area contributed by atoms with E-state index in [0.29, 0.717) is 6.61 Å². The highest BCUT2D eigenvalue weighted by molar-refractivity contribution is 6.30. The molecule has 14 heavy (non-hydrogen) atoms. The molecule has 0 aromatic heterocycles. The van der Waals surface area contributed by atoms with Crippen LogP contribution in [0.15, 0.2) is 18.2 Å². The van der Waals surface area contributed by atoms with Crippen LogP contribution in [0.25, 0.3) is 0 Å². The van der Waals surface area contributed by atoms with Gasteiger partial charge in [0.05, 0.1) is 17.7 Å². The maximum Gasteiger partial charge on any atom is 0.141 e. The third-order valence-electron chi connectivity index (χ3n) is 2.24. The molecule has 0 spiro atoms. The van der Waals surface area contributed by atoms with Crippen molar-refractivity contribution < 1.29 is 9.13 Å². The molecule has 1 aromatic carbocycles. The van der Waals surface area contributed by atoms with Gasteiger partial charge in [-0.25, -0.2) is 4.39 Å². The van der Waals surface area contributed by atoms with Crippen LogP contribution >= 0.6 is 11.6 Å². The predicted octanol–water partition coefficient (Wildman–Crippen LogP) is 2.14. The summed E-state index contributed by atoms with van der Waals surface area (Å²) >= 11 is 5.68. The lowest BCUT2D eigenvalue weighted by molar-refractivity contribution is 0.0277. The molecule has 0 unspecified atom stereocenters. The fraction of sp³-hybridized carbons (Fsp3) is 0.400. The second-order valence-corrected chi connectivity index (χ2v) is 3.64. The zero-order valence-corrected chi connectivity index (χ0v) is 8.35. The molecule has 2 rings (SSSR count). The van der Waals surface area contributed by atoms with Crippen molar-refractivity contribution in [3.63, 3.8) is 0 Å². The van der Waals surface area contributed by atoms with Gasteiger partial charge in [-0.2, -0.15) is 0 Å². The molecular formula is C10H11ClFNO. The van der Waals surface area contributed by atoms with Gasteiger partial charge in [0.25, 0.3) is 0 Å². The SMILES string of the molecule is Fc1ccc([C@@H]2CNCCO2)cc1Cl. The minimum absolute atomic E-state index is 0.0122. The molecule has 1 N–H and O–H groups in total. The Balaban J connectivity index is 2.18. The lowest BCUT2D eigenvalue weighted by Crippen LogP contribution is -2.33. The molecule has 0 bridgehead atoms. The predicted molar refractivity (Wildman–Crippen MR) is 53.0 cm³/mol. The van der Waals surface area contributed by atoms with E-state index in [0.717, 1.165) is 18.7 Å². The standard InChI is InChI=1S/C10H11ClFNO/c11-8-5-7(1-2-9(8)12)10-6-13-3-4-14-10/h1-2,5,10,13H,3-4,6H2/t10-/m0/s1. The van der Waals surface area contributed by atoms with Gasteiger partial charge in [0.15, 0.2) is 0 Å². The topological polar surface area (TPSA) is 21.3 Å². The van der Waals surface area contributed by atoms with Crippen LogP contribution in [0.2, 0.25) is 5.02 Å². The maximum absolute atomic E-state index is 12.9. The summed E-state index contributed by atoms with van der Waals surface area (Å²) in [6.07, 6.45) is -0.0122. The van der Waals surface area contributed by atoms with Crippen molar-refractivity contribution in [3.8, 4) is 0 Å². The zero-order valence-electron chi connectivity index (χ0n) is 7.59. The summed E-state index contributed by atoms with van der Waals surface area (Å²) < 4.78 is 18.4. The smallest absolute Gasteiger partial charge is 0.141 e. The monoisotopic (exact) mass is 215 g/mol. The van der Waals surface area contributed by atoms with E-state index < -0.39 is 0 Å². The van der Waals surface area contributed by atoms with E-state index in [1.165, 1.54) is 6.07 Å². The van der Waals surface area contributed by atoms with E-state index in [-0.39, 0.29) is 16.9 Å². The maximum atomic E-state index is 12.9. The number of hydrogen-bond acceptors (Lipinski definition) is 2. The van der Waals surface area contributed by atoms with E-state index >= 15 is 0 Å². The van der Waals surface area contributed by atoms with Crippen LogP contribution in [0.5, 0.6) is 0 Å². The van der Waals surface area contributed by atoms with Crippen molar-refractivity contribution in [3.05, 3.63) is 34.6 Å². The Morgan fingerprint density at radius 2 is 2.36 bits per heavy atom. The number of nitrogens with one attached hydrogen (secondary N) is 1. The van der Waals surface area contributed by atoms with Gasteiger partial charge in [-0.1, -0.05) is 17.7 Å². The van der Waals surface area contributed by atoms with Gasteiger partial charge in [-0.05, 0) is 17.7 Å². The summed E-state index contributed by atoms with van der Waals surface area (Å²) in [7, 11) is 0. The fourth-order valence-corrected chi connectivity index (χ4v) is 1.68. The van der Waals surface area contributed by atoms with Crippen LogP contribution in [-0.4, -0.2) is 19.7 Å². The molecule has 0 aliphatic carbocycles. The molecule has 1 saturated heterocycles. The van der Waals surface area contributed by atoms with Crippen LogP contribution in [-0.2, 0) is 4.74 Å². The molecule has 1 aliphatic rings. The molecule has 0 saturated carbocycles. The van der Waals surface area contributed by atoms with Gasteiger partial charge >= 0.3 is 0 Å². The van der Waals surface area contributed by atoms with Gasteiger partial charge in [-0.15, -0.1) is 0 Å². The summed E-state index contributed by atoms with van der Waals surface area (Å²) in [4.78, 5) is 0. The molecule has 0 radical (unpaired) electrons. The van der Waals surface area contributed by atoms with E-state index in [1.807, 2.05) is 0 Å². The summed E-state index contributed by atoms with van der Waals surface area (Å²) in [5.41, 5.74) is 0.920. The first-order valence-electron chi connectivity index (χ1n) is 4.54. The Labute approximate surface area is 87.0 Å². The highest BCUT2D eigenvalue weighted by Crippen LogP contribution is 2.23. The third kappa shape index (κ3) is 2.05. The number of benzene rings is 1. The van der Waals surface area contributed by atoms with Crippen LogP contribution in [0.4, 0.5) is 4.39 Å². The number of rotatable bonds is 1. The number of hydrogen-bond donors (Lipinski definition) is 1. The van der Waals surface area contributed by atoms with Crippen molar-refractivity contribution >= 4 is 11.6 Å². The van der Waals surface area contributed by atoms with Crippen molar-refractivity contribution in [2.24, 2.45) is 0 Å². The van der Waals surface area contributed by atoms with Crippen molar-refractivity contribution in [1.82, 2.24) is 5.32 Å². The molecule has 1 aliphatic heterocycles. The molecule has 76 valence electrons. The van der Waals surface area contributed by atoms with E-state index in [4.69, 9.17) is 16.3 Å². The van der Waals surface area contributed by atoms with Crippen molar-refractivity contribution in [2.75, 3.05) is 19.7 Å². The van der Waals surface area contributed by atoms with Crippen molar-refractivity contribution in [1.29, 1.82) is 0 Å². The van der Waals surface area contributed by atoms with E-state index in [9.17, 15) is 4.39 Å². The van der Waals surface area contributed by atoms with Crippen molar-refractivity contribution in [2.45, 2.75) is 6.10 Å². The largest absolute Gasteiger partial charge is 0.371 e. The second kappa shape index (κ2) is 4.26. The third-order valence-corrected chi connectivity index (χ3v) is 2.53. The van der Waals surface area contributed by atoms with E-state index in [2.05, 4.69) is 5.32 Å². The highest BCUT2D eigenvalue weighted by Gasteiger charge is 2.16. The molecule has 0 amide bonds. The first-order chi connectivity index (χ1) is 6.77. The van der Waals surface area contributed by atoms with Crippen LogP contribution < -0.4 is 5.32 Å². The minimum atomic E-state index is -0.390. The minimum Gasteiger partial charge on any atom is -0.371 e. The number of halogens is 2. The molecule has 4 heteroatoms. The zero-order chi connectivity index (χ0) is 9.97. The van der Waals surface area contributed by atoms with Crippen LogP contribution in [0.1, 0.15) is 11.7 Å². The summed E-state index contributed by atoms with van der Waals surface area (Å²) in [5.74, 6) is -0.390. The molecular weight excluding hydrogens is 205 g/mol. The van der Waals surface area contributed by atoms with E-state index in [1.54, 1.807) is 12.1 Å². The summed E-state index contributed by atoms with van der Waals surface area (Å²) in [6.45, 7) is 2.30. The Morgan fingerprint density at radius 1 is 1.50 bits per heavy atom. The molecule has 1 fully saturated rings. The molecule has 1 atom stereocenters. The average Bonchev–Trinajstić information content (AvgIpc) is 2.23. The Kier molecular flexibility index (Phi) is 3.01. The van der Waals surface area contributed by atoms with Gasteiger partial charge in [0, 0.05) is 13.1 Å². The first kappa shape index (κ1) is 9.90. The normalized spacial score (nSPS) is 22.3. The second-order valence-electron chi connectivity index (χ2n) is 3.24. The summed E-state index contributed by atoms with van der Waals surface area (Å²) in [5, 5.41) is 3.36. The highest BCUT2D eigenvalue weighted by atomic mass is 35.5. The van der Waals surface area contributed by atoms with Gasteiger partial charge < -0.3 is 10.1 Å².